The van der Waals surface area contributed by atoms with Gasteiger partial charge in [-0.3, -0.25) is 0 Å². The molecule has 0 atom stereocenters. The van der Waals surface area contributed by atoms with Gasteiger partial charge in [0.15, 0.2) is 0 Å². The van der Waals surface area contributed by atoms with Crippen molar-refractivity contribution in [1.29, 1.82) is 0 Å². The van der Waals surface area contributed by atoms with Crippen molar-refractivity contribution in [1.82, 2.24) is 4.90 Å². The van der Waals surface area contributed by atoms with Crippen LogP contribution in [0.4, 0.5) is 0 Å². The molecule has 0 fully saturated rings. The summed E-state index contributed by atoms with van der Waals surface area (Å²) in [5.41, 5.74) is 0.443. The van der Waals surface area contributed by atoms with E-state index >= 15 is 0 Å². The third kappa shape index (κ3) is 10.0. The molecule has 0 heterocycles. The van der Waals surface area contributed by atoms with Gasteiger partial charge < -0.3 is 4.90 Å². The fraction of sp³-hybridized carbons (Fsp3) is 1.00. The Kier molecular flexibility index (Phi) is 7.26. The molecule has 0 aliphatic rings. The van der Waals surface area contributed by atoms with Crippen LogP contribution < -0.4 is 0 Å². The van der Waals surface area contributed by atoms with Crippen molar-refractivity contribution in [2.24, 2.45) is 5.41 Å². The lowest BCUT2D eigenvalue weighted by molar-refractivity contribution is 0.223. The van der Waals surface area contributed by atoms with Gasteiger partial charge in [-0.05, 0) is 25.4 Å². The molecule has 0 amide bonds. The second-order valence-electron chi connectivity index (χ2n) is 5.71. The van der Waals surface area contributed by atoms with E-state index < -0.39 is 0 Å². The van der Waals surface area contributed by atoms with E-state index in [0.29, 0.717) is 5.41 Å². The molecule has 0 radical (unpaired) electrons. The van der Waals surface area contributed by atoms with E-state index in [2.05, 4.69) is 39.6 Å². The van der Waals surface area contributed by atoms with Gasteiger partial charge in [-0.15, -0.1) is 0 Å². The third-order valence-electron chi connectivity index (χ3n) is 2.39. The van der Waals surface area contributed by atoms with Gasteiger partial charge in [-0.25, -0.2) is 0 Å². The Morgan fingerprint density at radius 1 is 0.929 bits per heavy atom. The van der Waals surface area contributed by atoms with Crippen LogP contribution in [0.3, 0.4) is 0 Å². The standard InChI is InChI=1S/C13H29N/c1-6-7-8-9-10-11-14(5)12-13(2,3)4/h6-12H2,1-5H3. The van der Waals surface area contributed by atoms with Gasteiger partial charge in [0.2, 0.25) is 0 Å². The molecule has 0 N–H and O–H groups in total. The van der Waals surface area contributed by atoms with Gasteiger partial charge >= 0.3 is 0 Å². The molecule has 1 nitrogen and oxygen atoms in total. The zero-order chi connectivity index (χ0) is 11.0. The minimum absolute atomic E-state index is 0.443. The van der Waals surface area contributed by atoms with Crippen LogP contribution in [0.2, 0.25) is 0 Å². The molecular weight excluding hydrogens is 170 g/mol. The zero-order valence-corrected chi connectivity index (χ0v) is 10.9. The van der Waals surface area contributed by atoms with Gasteiger partial charge in [0, 0.05) is 6.54 Å². The molecule has 0 aliphatic heterocycles. The largest absolute Gasteiger partial charge is 0.306 e. The first-order valence-corrected chi connectivity index (χ1v) is 6.14. The van der Waals surface area contributed by atoms with Crippen LogP contribution >= 0.6 is 0 Å². The van der Waals surface area contributed by atoms with E-state index in [1.165, 1.54) is 45.2 Å². The highest BCUT2D eigenvalue weighted by Crippen LogP contribution is 2.14. The lowest BCUT2D eigenvalue weighted by Gasteiger charge is -2.26. The van der Waals surface area contributed by atoms with Crippen molar-refractivity contribution in [3.8, 4) is 0 Å². The highest BCUT2D eigenvalue weighted by atomic mass is 15.1. The van der Waals surface area contributed by atoms with Crippen molar-refractivity contribution in [2.75, 3.05) is 20.1 Å². The van der Waals surface area contributed by atoms with Gasteiger partial charge in [0.05, 0.1) is 0 Å². The van der Waals surface area contributed by atoms with E-state index in [4.69, 9.17) is 0 Å². The number of hydrogen-bond acceptors (Lipinski definition) is 1. The number of rotatable bonds is 7. The summed E-state index contributed by atoms with van der Waals surface area (Å²) in [6.07, 6.45) is 6.94. The molecule has 0 aromatic rings. The maximum absolute atomic E-state index is 2.46. The Labute approximate surface area is 90.9 Å². The first-order chi connectivity index (χ1) is 6.45. The van der Waals surface area contributed by atoms with Crippen LogP contribution in [0.5, 0.6) is 0 Å². The fourth-order valence-corrected chi connectivity index (χ4v) is 1.87. The Balaban J connectivity index is 3.31. The van der Waals surface area contributed by atoms with Gasteiger partial charge in [-0.1, -0.05) is 53.4 Å². The Morgan fingerprint density at radius 2 is 1.50 bits per heavy atom. The molecule has 0 aliphatic carbocycles. The monoisotopic (exact) mass is 199 g/mol. The predicted octanol–water partition coefficient (Wildman–Crippen LogP) is 3.93. The summed E-state index contributed by atoms with van der Waals surface area (Å²) in [6, 6.07) is 0. The molecule has 1 heteroatoms. The molecule has 0 rings (SSSR count). The summed E-state index contributed by atoms with van der Waals surface area (Å²) in [6.45, 7) is 11.7. The number of nitrogens with zero attached hydrogens (tertiary/aromatic N) is 1. The second-order valence-corrected chi connectivity index (χ2v) is 5.71. The molecule has 0 aromatic heterocycles. The van der Waals surface area contributed by atoms with Gasteiger partial charge in [0.1, 0.15) is 0 Å². The van der Waals surface area contributed by atoms with Crippen molar-refractivity contribution in [3.63, 3.8) is 0 Å². The summed E-state index contributed by atoms with van der Waals surface area (Å²) < 4.78 is 0. The highest BCUT2D eigenvalue weighted by Gasteiger charge is 2.12. The van der Waals surface area contributed by atoms with Crippen LogP contribution in [0.25, 0.3) is 0 Å². The van der Waals surface area contributed by atoms with E-state index in [1.54, 1.807) is 0 Å². The molecule has 0 bridgehead atoms. The minimum Gasteiger partial charge on any atom is -0.306 e. The van der Waals surface area contributed by atoms with Gasteiger partial charge in [-0.2, -0.15) is 0 Å². The van der Waals surface area contributed by atoms with Crippen LogP contribution in [0.1, 0.15) is 59.8 Å². The topological polar surface area (TPSA) is 3.24 Å². The minimum atomic E-state index is 0.443. The average molecular weight is 199 g/mol. The molecule has 0 saturated carbocycles. The Morgan fingerprint density at radius 3 is 2.00 bits per heavy atom. The normalized spacial score (nSPS) is 12.4. The van der Waals surface area contributed by atoms with E-state index in [0.717, 1.165) is 0 Å². The first-order valence-electron chi connectivity index (χ1n) is 6.14. The van der Waals surface area contributed by atoms with Crippen molar-refractivity contribution in [2.45, 2.75) is 59.8 Å². The van der Waals surface area contributed by atoms with Crippen LogP contribution in [0, 0.1) is 5.41 Å². The summed E-state index contributed by atoms with van der Waals surface area (Å²) in [4.78, 5) is 2.46. The smallest absolute Gasteiger partial charge is 0.00270 e. The summed E-state index contributed by atoms with van der Waals surface area (Å²) in [5.74, 6) is 0. The van der Waals surface area contributed by atoms with Crippen LogP contribution in [0.15, 0.2) is 0 Å². The molecule has 0 aromatic carbocycles. The average Bonchev–Trinajstić information content (AvgIpc) is 2.00. The molecule has 0 saturated heterocycles. The molecule has 86 valence electrons. The quantitative estimate of drug-likeness (QED) is 0.561. The van der Waals surface area contributed by atoms with Crippen molar-refractivity contribution < 1.29 is 0 Å². The summed E-state index contributed by atoms with van der Waals surface area (Å²) in [7, 11) is 2.24. The van der Waals surface area contributed by atoms with E-state index in [9.17, 15) is 0 Å². The maximum Gasteiger partial charge on any atom is 0.00270 e. The van der Waals surface area contributed by atoms with Crippen molar-refractivity contribution >= 4 is 0 Å². The third-order valence-corrected chi connectivity index (χ3v) is 2.39. The van der Waals surface area contributed by atoms with Crippen LogP contribution in [-0.2, 0) is 0 Å². The second kappa shape index (κ2) is 7.28. The SMILES string of the molecule is CCCCCCCN(C)CC(C)(C)C. The predicted molar refractivity (Wildman–Crippen MR) is 65.7 cm³/mol. The molecule has 0 spiro atoms. The van der Waals surface area contributed by atoms with Crippen LogP contribution in [-0.4, -0.2) is 25.0 Å². The van der Waals surface area contributed by atoms with Gasteiger partial charge in [0.25, 0.3) is 0 Å². The Bertz CT molecular complexity index is 124. The molecule has 0 unspecified atom stereocenters. The summed E-state index contributed by atoms with van der Waals surface area (Å²) >= 11 is 0. The zero-order valence-electron chi connectivity index (χ0n) is 10.9. The Hall–Kier alpha value is -0.0400. The molecule has 14 heavy (non-hydrogen) atoms. The van der Waals surface area contributed by atoms with Crippen molar-refractivity contribution in [3.05, 3.63) is 0 Å². The molecular formula is C13H29N. The highest BCUT2D eigenvalue weighted by molar-refractivity contribution is 4.66. The lowest BCUT2D eigenvalue weighted by Crippen LogP contribution is -2.30. The summed E-state index contributed by atoms with van der Waals surface area (Å²) in [5, 5.41) is 0. The lowest BCUT2D eigenvalue weighted by atomic mass is 9.96. The number of unbranched alkanes of at least 4 members (excludes halogenated alkanes) is 4. The van der Waals surface area contributed by atoms with E-state index in [-0.39, 0.29) is 0 Å². The maximum atomic E-state index is 2.46. The first kappa shape index (κ1) is 14.0. The number of hydrogen-bond donors (Lipinski definition) is 0. The van der Waals surface area contributed by atoms with E-state index in [1.807, 2.05) is 0 Å². The fourth-order valence-electron chi connectivity index (χ4n) is 1.87.